The SMILES string of the molecule is COC(=O)CC1=C(C(=O)OC)C(C(=O)OC(C)(C)C)C(C(=O)OC(C)(C)C)=C(NC(C)(C)C)O1. The van der Waals surface area contributed by atoms with Crippen LogP contribution in [0, 0.1) is 5.92 Å². The second-order valence-corrected chi connectivity index (χ2v) is 10.8. The van der Waals surface area contributed by atoms with Crippen LogP contribution < -0.4 is 5.32 Å². The number of carbonyl (C=O) groups excluding carboxylic acids is 4. The van der Waals surface area contributed by atoms with Crippen LogP contribution >= 0.6 is 0 Å². The summed E-state index contributed by atoms with van der Waals surface area (Å²) < 4.78 is 26.6. The van der Waals surface area contributed by atoms with Gasteiger partial charge in [-0.15, -0.1) is 0 Å². The number of methoxy groups -OCH3 is 2. The molecule has 1 aliphatic heterocycles. The minimum atomic E-state index is -1.58. The molecule has 0 bridgehead atoms. The van der Waals surface area contributed by atoms with Crippen molar-refractivity contribution in [2.45, 2.75) is 85.5 Å². The molecular weight excluding hydrogens is 446 g/mol. The van der Waals surface area contributed by atoms with E-state index in [1.165, 1.54) is 7.11 Å². The summed E-state index contributed by atoms with van der Waals surface area (Å²) in [5, 5.41) is 3.03. The summed E-state index contributed by atoms with van der Waals surface area (Å²) in [7, 11) is 2.28. The average Bonchev–Trinajstić information content (AvgIpc) is 2.62. The highest BCUT2D eigenvalue weighted by Gasteiger charge is 2.48. The Morgan fingerprint density at radius 3 is 1.74 bits per heavy atom. The van der Waals surface area contributed by atoms with Crippen LogP contribution in [0.4, 0.5) is 0 Å². The molecule has 1 aliphatic rings. The van der Waals surface area contributed by atoms with Gasteiger partial charge in [0.25, 0.3) is 0 Å². The Morgan fingerprint density at radius 1 is 0.794 bits per heavy atom. The second kappa shape index (κ2) is 10.5. The van der Waals surface area contributed by atoms with E-state index in [1.807, 2.05) is 0 Å². The molecule has 0 saturated heterocycles. The molecular formula is C24H37NO9. The van der Waals surface area contributed by atoms with Crippen molar-refractivity contribution in [3.05, 3.63) is 22.8 Å². The third-order valence-corrected chi connectivity index (χ3v) is 4.04. The van der Waals surface area contributed by atoms with Gasteiger partial charge in [-0.1, -0.05) is 0 Å². The molecule has 1 atom stereocenters. The van der Waals surface area contributed by atoms with Crippen LogP contribution in [0.15, 0.2) is 22.8 Å². The Hall–Kier alpha value is -3.04. The molecule has 1 heterocycles. The summed E-state index contributed by atoms with van der Waals surface area (Å²) in [6.07, 6.45) is -0.489. The molecule has 0 aliphatic carbocycles. The van der Waals surface area contributed by atoms with Gasteiger partial charge < -0.3 is 29.0 Å². The summed E-state index contributed by atoms with van der Waals surface area (Å²) >= 11 is 0. The summed E-state index contributed by atoms with van der Waals surface area (Å²) in [5.74, 6) is -5.42. The van der Waals surface area contributed by atoms with Gasteiger partial charge in [0.05, 0.1) is 19.8 Å². The van der Waals surface area contributed by atoms with E-state index in [9.17, 15) is 19.2 Å². The number of esters is 4. The van der Waals surface area contributed by atoms with Crippen LogP contribution in [0.3, 0.4) is 0 Å². The fourth-order valence-electron chi connectivity index (χ4n) is 2.92. The summed E-state index contributed by atoms with van der Waals surface area (Å²) in [4.78, 5) is 51.8. The zero-order valence-electron chi connectivity index (χ0n) is 22.0. The maximum absolute atomic E-state index is 13.4. The van der Waals surface area contributed by atoms with Crippen molar-refractivity contribution in [2.75, 3.05) is 14.2 Å². The van der Waals surface area contributed by atoms with E-state index >= 15 is 0 Å². The molecule has 10 heteroatoms. The van der Waals surface area contributed by atoms with Crippen LogP contribution in [0.5, 0.6) is 0 Å². The third kappa shape index (κ3) is 8.39. The van der Waals surface area contributed by atoms with E-state index in [2.05, 4.69) is 5.32 Å². The van der Waals surface area contributed by atoms with Gasteiger partial charge in [-0.05, 0) is 62.3 Å². The zero-order valence-corrected chi connectivity index (χ0v) is 22.0. The van der Waals surface area contributed by atoms with Gasteiger partial charge >= 0.3 is 23.9 Å². The molecule has 34 heavy (non-hydrogen) atoms. The van der Waals surface area contributed by atoms with Crippen LogP contribution in [-0.4, -0.2) is 54.8 Å². The lowest BCUT2D eigenvalue weighted by Gasteiger charge is -2.34. The van der Waals surface area contributed by atoms with Crippen molar-refractivity contribution in [3.8, 4) is 0 Å². The second-order valence-electron chi connectivity index (χ2n) is 10.8. The smallest absolute Gasteiger partial charge is 0.341 e. The summed E-state index contributed by atoms with van der Waals surface area (Å²) in [6.45, 7) is 15.3. The number of rotatable bonds is 6. The molecule has 192 valence electrons. The van der Waals surface area contributed by atoms with E-state index in [-0.39, 0.29) is 22.8 Å². The van der Waals surface area contributed by atoms with E-state index in [0.29, 0.717) is 0 Å². The Kier molecular flexibility index (Phi) is 8.94. The van der Waals surface area contributed by atoms with Crippen molar-refractivity contribution < 1.29 is 42.9 Å². The monoisotopic (exact) mass is 483 g/mol. The maximum atomic E-state index is 13.4. The first-order valence-corrected chi connectivity index (χ1v) is 10.8. The molecule has 0 aromatic heterocycles. The Balaban J connectivity index is 3.93. The number of nitrogens with one attached hydrogen (secondary N) is 1. The van der Waals surface area contributed by atoms with E-state index in [1.54, 1.807) is 62.3 Å². The van der Waals surface area contributed by atoms with E-state index in [0.717, 1.165) is 7.11 Å². The normalized spacial score (nSPS) is 17.0. The molecule has 0 spiro atoms. The lowest BCUT2D eigenvalue weighted by molar-refractivity contribution is -0.163. The molecule has 0 radical (unpaired) electrons. The first-order chi connectivity index (χ1) is 15.3. The minimum Gasteiger partial charge on any atom is -0.469 e. The fourth-order valence-corrected chi connectivity index (χ4v) is 2.92. The topological polar surface area (TPSA) is 126 Å². The maximum Gasteiger partial charge on any atom is 0.341 e. The first-order valence-electron chi connectivity index (χ1n) is 10.8. The lowest BCUT2D eigenvalue weighted by Crippen LogP contribution is -2.44. The zero-order chi connectivity index (χ0) is 26.6. The molecule has 1 unspecified atom stereocenters. The number of carbonyl (C=O) groups is 4. The molecule has 0 fully saturated rings. The molecule has 1 rings (SSSR count). The van der Waals surface area contributed by atoms with E-state index < -0.39 is 53.0 Å². The highest BCUT2D eigenvalue weighted by atomic mass is 16.6. The predicted octanol–water partition coefficient (Wildman–Crippen LogP) is 2.91. The van der Waals surface area contributed by atoms with Crippen molar-refractivity contribution in [2.24, 2.45) is 5.92 Å². The average molecular weight is 484 g/mol. The van der Waals surface area contributed by atoms with Crippen molar-refractivity contribution >= 4 is 23.9 Å². The number of ether oxygens (including phenoxy) is 5. The first kappa shape index (κ1) is 29.0. The van der Waals surface area contributed by atoms with Gasteiger partial charge in [-0.3, -0.25) is 9.59 Å². The van der Waals surface area contributed by atoms with Crippen LogP contribution in [0.2, 0.25) is 0 Å². The fraction of sp³-hybridized carbons (Fsp3) is 0.667. The third-order valence-electron chi connectivity index (χ3n) is 4.04. The summed E-state index contributed by atoms with van der Waals surface area (Å²) in [5.41, 5.74) is -3.12. The predicted molar refractivity (Wildman–Crippen MR) is 122 cm³/mol. The van der Waals surface area contributed by atoms with Gasteiger partial charge in [0.1, 0.15) is 34.9 Å². The Bertz CT molecular complexity index is 893. The molecule has 1 N–H and O–H groups in total. The van der Waals surface area contributed by atoms with Crippen LogP contribution in [0.25, 0.3) is 0 Å². The summed E-state index contributed by atoms with van der Waals surface area (Å²) in [6, 6.07) is 0. The highest BCUT2D eigenvalue weighted by Crippen LogP contribution is 2.38. The number of hydrogen-bond donors (Lipinski definition) is 1. The number of hydrogen-bond acceptors (Lipinski definition) is 10. The van der Waals surface area contributed by atoms with E-state index in [4.69, 9.17) is 23.7 Å². The molecule has 0 saturated carbocycles. The van der Waals surface area contributed by atoms with Crippen LogP contribution in [-0.2, 0) is 42.9 Å². The molecule has 0 aromatic carbocycles. The van der Waals surface area contributed by atoms with Crippen molar-refractivity contribution in [1.82, 2.24) is 5.32 Å². The molecule has 10 nitrogen and oxygen atoms in total. The van der Waals surface area contributed by atoms with Crippen molar-refractivity contribution in [1.29, 1.82) is 0 Å². The van der Waals surface area contributed by atoms with Crippen molar-refractivity contribution in [3.63, 3.8) is 0 Å². The lowest BCUT2D eigenvalue weighted by atomic mass is 9.86. The Labute approximate surface area is 201 Å². The molecule has 0 amide bonds. The van der Waals surface area contributed by atoms with Gasteiger partial charge in [0.2, 0.25) is 5.88 Å². The highest BCUT2D eigenvalue weighted by molar-refractivity contribution is 6.05. The van der Waals surface area contributed by atoms with Gasteiger partial charge in [-0.2, -0.15) is 0 Å². The quantitative estimate of drug-likeness (QED) is 0.445. The Morgan fingerprint density at radius 2 is 1.32 bits per heavy atom. The van der Waals surface area contributed by atoms with Gasteiger partial charge in [0.15, 0.2) is 0 Å². The largest absolute Gasteiger partial charge is 0.469 e. The van der Waals surface area contributed by atoms with Crippen LogP contribution in [0.1, 0.15) is 68.7 Å². The van der Waals surface area contributed by atoms with Gasteiger partial charge in [0, 0.05) is 5.54 Å². The minimum absolute atomic E-state index is 0.135. The van der Waals surface area contributed by atoms with Gasteiger partial charge in [-0.25, -0.2) is 9.59 Å². The molecule has 0 aromatic rings. The standard InChI is InChI=1S/C24H37NO9/c1-22(2,3)25-18-17(21(29)34-24(7,8)9)16(20(28)33-23(4,5)6)15(19(27)31-11)13(32-18)12-14(26)30-10/h16,25H,12H2,1-11H3.